The molecule has 16 heavy (non-hydrogen) atoms. The molecule has 0 atom stereocenters. The molecule has 0 N–H and O–H groups in total. The number of ketones is 1. The first-order valence-electron chi connectivity index (χ1n) is 5.69. The van der Waals surface area contributed by atoms with E-state index in [9.17, 15) is 4.79 Å². The summed E-state index contributed by atoms with van der Waals surface area (Å²) in [5.41, 5.74) is 0.856. The van der Waals surface area contributed by atoms with E-state index in [1.54, 1.807) is 6.92 Å². The van der Waals surface area contributed by atoms with Gasteiger partial charge < -0.3 is 4.90 Å². The highest BCUT2D eigenvalue weighted by Crippen LogP contribution is 2.26. The largest absolute Gasteiger partial charge is 0.348 e. The van der Waals surface area contributed by atoms with Gasteiger partial charge in [0.25, 0.3) is 0 Å². The number of aryl methyl sites for hydroxylation is 1. The summed E-state index contributed by atoms with van der Waals surface area (Å²) in [6, 6.07) is 0. The summed E-state index contributed by atoms with van der Waals surface area (Å²) in [7, 11) is 0. The fraction of sp³-hybridized carbons (Fsp3) is 0.667. The number of aromatic nitrogens is 1. The Balaban J connectivity index is 2.93. The van der Waals surface area contributed by atoms with Crippen LogP contribution in [0.1, 0.15) is 43.1 Å². The molecule has 1 rings (SSSR count). The summed E-state index contributed by atoms with van der Waals surface area (Å²) in [5.74, 6) is 0.715. The first-order valence-corrected chi connectivity index (χ1v) is 6.50. The van der Waals surface area contributed by atoms with Crippen molar-refractivity contribution < 1.29 is 4.79 Å². The predicted molar refractivity (Wildman–Crippen MR) is 69.6 cm³/mol. The fourth-order valence-corrected chi connectivity index (χ4v) is 2.66. The molecule has 0 saturated heterocycles. The topological polar surface area (TPSA) is 33.2 Å². The zero-order valence-corrected chi connectivity index (χ0v) is 11.5. The fourth-order valence-electron chi connectivity index (χ4n) is 1.63. The van der Waals surface area contributed by atoms with Crippen molar-refractivity contribution in [2.24, 2.45) is 5.92 Å². The Kier molecular flexibility index (Phi) is 4.47. The lowest BCUT2D eigenvalue weighted by Gasteiger charge is -2.21. The maximum Gasteiger partial charge on any atom is 0.186 e. The number of nitrogens with zero attached hydrogens (tertiary/aromatic N) is 2. The van der Waals surface area contributed by atoms with Gasteiger partial charge in [-0.25, -0.2) is 4.98 Å². The third kappa shape index (κ3) is 3.04. The Labute approximate surface area is 101 Å². The van der Waals surface area contributed by atoms with Crippen molar-refractivity contribution in [3.05, 3.63) is 10.6 Å². The van der Waals surface area contributed by atoms with Crippen LogP contribution in [0.5, 0.6) is 0 Å². The average molecular weight is 240 g/mol. The van der Waals surface area contributed by atoms with E-state index in [1.807, 2.05) is 6.92 Å². The number of anilines is 1. The highest BCUT2D eigenvalue weighted by Gasteiger charge is 2.16. The number of rotatable bonds is 5. The third-order valence-corrected chi connectivity index (χ3v) is 3.66. The van der Waals surface area contributed by atoms with Gasteiger partial charge in [-0.15, -0.1) is 0 Å². The van der Waals surface area contributed by atoms with Crippen LogP contribution in [0.25, 0.3) is 0 Å². The molecule has 0 bridgehead atoms. The Hall–Kier alpha value is -0.900. The van der Waals surface area contributed by atoms with Crippen LogP contribution in [0.4, 0.5) is 5.13 Å². The number of hydrogen-bond donors (Lipinski definition) is 0. The second kappa shape index (κ2) is 5.43. The second-order valence-electron chi connectivity index (χ2n) is 4.40. The van der Waals surface area contributed by atoms with Crippen LogP contribution in [0.3, 0.4) is 0 Å². The predicted octanol–water partition coefficient (Wildman–Crippen LogP) is 3.14. The third-order valence-electron chi connectivity index (χ3n) is 2.34. The smallest absolute Gasteiger partial charge is 0.186 e. The van der Waals surface area contributed by atoms with Gasteiger partial charge in [-0.2, -0.15) is 0 Å². The number of Topliss-reactive ketones (excluding diaryl/α,β-unsaturated/α-hetero) is 1. The highest BCUT2D eigenvalue weighted by atomic mass is 32.1. The van der Waals surface area contributed by atoms with Crippen LogP contribution < -0.4 is 4.90 Å². The number of hydrogen-bond acceptors (Lipinski definition) is 4. The van der Waals surface area contributed by atoms with E-state index in [1.165, 1.54) is 11.3 Å². The van der Waals surface area contributed by atoms with Crippen molar-refractivity contribution in [2.45, 2.75) is 34.6 Å². The van der Waals surface area contributed by atoms with Gasteiger partial charge in [0.15, 0.2) is 10.9 Å². The van der Waals surface area contributed by atoms with Crippen LogP contribution in [-0.2, 0) is 0 Å². The Bertz CT molecular complexity index is 371. The lowest BCUT2D eigenvalue weighted by atomic mass is 10.2. The molecule has 0 fully saturated rings. The van der Waals surface area contributed by atoms with Crippen LogP contribution in [0.15, 0.2) is 0 Å². The minimum absolute atomic E-state index is 0.113. The molecular weight excluding hydrogens is 220 g/mol. The zero-order valence-electron chi connectivity index (χ0n) is 10.7. The van der Waals surface area contributed by atoms with Crippen molar-refractivity contribution in [1.82, 2.24) is 4.98 Å². The second-order valence-corrected chi connectivity index (χ2v) is 5.38. The van der Waals surface area contributed by atoms with Gasteiger partial charge in [0.1, 0.15) is 0 Å². The summed E-state index contributed by atoms with van der Waals surface area (Å²) in [5, 5.41) is 0.971. The molecule has 0 spiro atoms. The molecule has 0 aliphatic carbocycles. The SMILES string of the molecule is CCN(CC(C)C)c1nc(C)c(C(C)=O)s1. The summed E-state index contributed by atoms with van der Waals surface area (Å²) in [6.45, 7) is 11.9. The van der Waals surface area contributed by atoms with Gasteiger partial charge in [-0.3, -0.25) is 4.79 Å². The van der Waals surface area contributed by atoms with Gasteiger partial charge in [-0.05, 0) is 19.8 Å². The van der Waals surface area contributed by atoms with Gasteiger partial charge in [0.2, 0.25) is 0 Å². The van der Waals surface area contributed by atoms with Crippen LogP contribution >= 0.6 is 11.3 Å². The average Bonchev–Trinajstić information content (AvgIpc) is 2.56. The van der Waals surface area contributed by atoms with Crippen molar-refractivity contribution in [3.63, 3.8) is 0 Å². The summed E-state index contributed by atoms with van der Waals surface area (Å²) in [4.78, 5) is 18.9. The Morgan fingerprint density at radius 1 is 1.50 bits per heavy atom. The van der Waals surface area contributed by atoms with E-state index in [0.29, 0.717) is 5.92 Å². The molecule has 0 saturated carbocycles. The molecule has 0 unspecified atom stereocenters. The molecule has 4 heteroatoms. The molecule has 1 aromatic heterocycles. The normalized spacial score (nSPS) is 10.9. The van der Waals surface area contributed by atoms with Crippen LogP contribution in [0.2, 0.25) is 0 Å². The zero-order chi connectivity index (χ0) is 12.3. The van der Waals surface area contributed by atoms with Gasteiger partial charge >= 0.3 is 0 Å². The first-order chi connectivity index (χ1) is 7.45. The van der Waals surface area contributed by atoms with E-state index in [4.69, 9.17) is 0 Å². The summed E-state index contributed by atoms with van der Waals surface area (Å²) < 4.78 is 0. The maximum absolute atomic E-state index is 11.4. The van der Waals surface area contributed by atoms with E-state index >= 15 is 0 Å². The van der Waals surface area contributed by atoms with Gasteiger partial charge in [0, 0.05) is 20.0 Å². The maximum atomic E-state index is 11.4. The molecule has 1 aromatic rings. The van der Waals surface area contributed by atoms with Crippen LogP contribution in [0, 0.1) is 12.8 Å². The Morgan fingerprint density at radius 3 is 2.50 bits per heavy atom. The van der Waals surface area contributed by atoms with Crippen molar-refractivity contribution >= 4 is 22.3 Å². The molecule has 90 valence electrons. The molecule has 3 nitrogen and oxygen atoms in total. The van der Waals surface area contributed by atoms with Crippen molar-refractivity contribution in [1.29, 1.82) is 0 Å². The summed E-state index contributed by atoms with van der Waals surface area (Å²) >= 11 is 1.51. The monoisotopic (exact) mass is 240 g/mol. The van der Waals surface area contributed by atoms with E-state index < -0.39 is 0 Å². The number of thiazole rings is 1. The minimum atomic E-state index is 0.113. The molecule has 0 aliphatic rings. The molecule has 0 radical (unpaired) electrons. The van der Waals surface area contributed by atoms with Gasteiger partial charge in [0.05, 0.1) is 10.6 Å². The standard InChI is InChI=1S/C12H20N2OS/c1-6-14(7-8(2)3)12-13-9(4)11(16-12)10(5)15/h8H,6-7H2,1-5H3. The lowest BCUT2D eigenvalue weighted by Crippen LogP contribution is -2.26. The van der Waals surface area contributed by atoms with Gasteiger partial charge in [-0.1, -0.05) is 25.2 Å². The number of carbonyl (C=O) groups is 1. The molecule has 0 aromatic carbocycles. The Morgan fingerprint density at radius 2 is 2.12 bits per heavy atom. The molecular formula is C12H20N2OS. The van der Waals surface area contributed by atoms with Crippen molar-refractivity contribution in [2.75, 3.05) is 18.0 Å². The molecule has 0 aliphatic heterocycles. The van der Waals surface area contributed by atoms with Crippen molar-refractivity contribution in [3.8, 4) is 0 Å². The molecule has 1 heterocycles. The van der Waals surface area contributed by atoms with Crippen LogP contribution in [-0.4, -0.2) is 23.9 Å². The van der Waals surface area contributed by atoms with E-state index in [0.717, 1.165) is 28.8 Å². The van der Waals surface area contributed by atoms with E-state index in [-0.39, 0.29) is 5.78 Å². The number of carbonyl (C=O) groups excluding carboxylic acids is 1. The molecule has 0 amide bonds. The minimum Gasteiger partial charge on any atom is -0.348 e. The lowest BCUT2D eigenvalue weighted by molar-refractivity contribution is 0.102. The first kappa shape index (κ1) is 13.2. The highest BCUT2D eigenvalue weighted by molar-refractivity contribution is 7.17. The summed E-state index contributed by atoms with van der Waals surface area (Å²) in [6.07, 6.45) is 0. The van der Waals surface area contributed by atoms with E-state index in [2.05, 4.69) is 30.7 Å². The quantitative estimate of drug-likeness (QED) is 0.741.